The Hall–Kier alpha value is -2.26. The molecule has 3 rings (SSSR count). The van der Waals surface area contributed by atoms with Crippen LogP contribution in [0, 0.1) is 0 Å². The van der Waals surface area contributed by atoms with Crippen molar-refractivity contribution in [3.63, 3.8) is 0 Å². The third-order valence-electron chi connectivity index (χ3n) is 3.62. The molecule has 0 aliphatic rings. The fraction of sp³-hybridized carbons (Fsp3) is 0.118. The molecule has 1 unspecified atom stereocenters. The van der Waals surface area contributed by atoms with Gasteiger partial charge in [-0.3, -0.25) is 9.40 Å². The quantitative estimate of drug-likeness (QED) is 0.570. The molecule has 4 heteroatoms. The molecule has 2 N–H and O–H groups in total. The van der Waals surface area contributed by atoms with E-state index in [-0.39, 0.29) is 6.04 Å². The number of nitrogens with two attached hydrogens (primary N) is 1. The number of nitrogen functional groups attached to an aromatic ring is 1. The normalized spacial score (nSPS) is 12.3. The lowest BCUT2D eigenvalue weighted by Gasteiger charge is -2.25. The van der Waals surface area contributed by atoms with Crippen molar-refractivity contribution in [3.8, 4) is 0 Å². The van der Waals surface area contributed by atoms with E-state index in [4.69, 9.17) is 17.5 Å². The van der Waals surface area contributed by atoms with Crippen LogP contribution in [0.4, 0.5) is 11.4 Å². The zero-order valence-corrected chi connectivity index (χ0v) is 12.5. The third-order valence-corrected chi connectivity index (χ3v) is 4.09. The molecule has 21 heavy (non-hydrogen) atoms. The van der Waals surface area contributed by atoms with E-state index < -0.39 is 0 Å². The molecule has 0 bridgehead atoms. The van der Waals surface area contributed by atoms with Gasteiger partial charge in [0.2, 0.25) is 0 Å². The highest BCUT2D eigenvalue weighted by molar-refractivity contribution is 6.27. The number of anilines is 2. The lowest BCUT2D eigenvalue weighted by molar-refractivity contribution is 0.816. The van der Waals surface area contributed by atoms with Crippen molar-refractivity contribution in [1.29, 1.82) is 0 Å². The fourth-order valence-corrected chi connectivity index (χ4v) is 2.64. The maximum Gasteiger partial charge on any atom is 0.0723 e. The highest BCUT2D eigenvalue weighted by atomic mass is 35.5. The summed E-state index contributed by atoms with van der Waals surface area (Å²) >= 11 is 6.58. The first-order valence-electron chi connectivity index (χ1n) is 6.81. The van der Waals surface area contributed by atoms with Crippen molar-refractivity contribution in [1.82, 2.24) is 4.98 Å². The minimum atomic E-state index is 0.0260. The third kappa shape index (κ3) is 2.65. The molecule has 106 valence electrons. The van der Waals surface area contributed by atoms with Gasteiger partial charge in [-0.15, -0.1) is 0 Å². The summed E-state index contributed by atoms with van der Waals surface area (Å²) in [4.78, 5) is 4.37. The predicted molar refractivity (Wildman–Crippen MR) is 89.3 cm³/mol. The zero-order valence-electron chi connectivity index (χ0n) is 11.7. The van der Waals surface area contributed by atoms with Gasteiger partial charge in [0.05, 0.1) is 17.2 Å². The summed E-state index contributed by atoms with van der Waals surface area (Å²) < 4.78 is 1.75. The van der Waals surface area contributed by atoms with E-state index in [0.29, 0.717) is 0 Å². The molecule has 0 saturated heterocycles. The molecule has 1 heterocycles. The largest absolute Gasteiger partial charge is 0.399 e. The van der Waals surface area contributed by atoms with Gasteiger partial charge in [-0.2, -0.15) is 0 Å². The molecule has 0 spiro atoms. The van der Waals surface area contributed by atoms with Crippen LogP contribution in [0.25, 0.3) is 10.9 Å². The van der Waals surface area contributed by atoms with Gasteiger partial charge < -0.3 is 5.73 Å². The molecule has 1 aromatic heterocycles. The van der Waals surface area contributed by atoms with Gasteiger partial charge >= 0.3 is 0 Å². The Kier molecular flexibility index (Phi) is 3.67. The SMILES string of the molecule is CC(c1ccc(N)cc1)N(Cl)c1ccnc2ccccc12. The molecule has 0 radical (unpaired) electrons. The molecule has 0 aliphatic heterocycles. The number of aromatic nitrogens is 1. The van der Waals surface area contributed by atoms with Crippen LogP contribution in [0.15, 0.2) is 60.8 Å². The van der Waals surface area contributed by atoms with Gasteiger partial charge in [0.1, 0.15) is 0 Å². The molecular weight excluding hydrogens is 282 g/mol. The first-order chi connectivity index (χ1) is 10.2. The highest BCUT2D eigenvalue weighted by Gasteiger charge is 2.16. The van der Waals surface area contributed by atoms with Crippen molar-refractivity contribution in [3.05, 3.63) is 66.4 Å². The van der Waals surface area contributed by atoms with Crippen molar-refractivity contribution < 1.29 is 0 Å². The predicted octanol–water partition coefficient (Wildman–Crippen LogP) is 4.54. The monoisotopic (exact) mass is 297 g/mol. The molecule has 2 aromatic carbocycles. The molecule has 1 atom stereocenters. The zero-order chi connectivity index (χ0) is 14.8. The standard InChI is InChI=1S/C17H16ClN3/c1-12(13-6-8-14(19)9-7-13)21(18)17-10-11-20-16-5-3-2-4-15(16)17/h2-12H,19H2,1H3. The van der Waals surface area contributed by atoms with E-state index in [1.54, 1.807) is 10.6 Å². The average molecular weight is 298 g/mol. The number of rotatable bonds is 3. The summed E-state index contributed by atoms with van der Waals surface area (Å²) in [5.41, 5.74) is 9.48. The van der Waals surface area contributed by atoms with Crippen LogP contribution in [0.5, 0.6) is 0 Å². The first-order valence-corrected chi connectivity index (χ1v) is 7.15. The number of benzene rings is 2. The van der Waals surface area contributed by atoms with Gasteiger partial charge in [-0.25, -0.2) is 0 Å². The van der Waals surface area contributed by atoms with Crippen LogP contribution in [-0.4, -0.2) is 4.98 Å². The van der Waals surface area contributed by atoms with Gasteiger partial charge in [-0.05, 0) is 36.8 Å². The average Bonchev–Trinajstić information content (AvgIpc) is 2.53. The summed E-state index contributed by atoms with van der Waals surface area (Å²) in [5, 5.41) is 1.04. The van der Waals surface area contributed by atoms with E-state index in [1.807, 2.05) is 54.6 Å². The minimum Gasteiger partial charge on any atom is -0.399 e. The molecule has 3 nitrogen and oxygen atoms in total. The Morgan fingerprint density at radius 1 is 1.05 bits per heavy atom. The Bertz CT molecular complexity index is 750. The van der Waals surface area contributed by atoms with Crippen molar-refractivity contribution in [2.24, 2.45) is 0 Å². The lowest BCUT2D eigenvalue weighted by atomic mass is 10.1. The second-order valence-electron chi connectivity index (χ2n) is 5.00. The summed E-state index contributed by atoms with van der Waals surface area (Å²) in [5.74, 6) is 0. The fourth-order valence-electron chi connectivity index (χ4n) is 2.38. The van der Waals surface area contributed by atoms with E-state index in [0.717, 1.165) is 27.8 Å². The van der Waals surface area contributed by atoms with Crippen molar-refractivity contribution in [2.75, 3.05) is 10.2 Å². The minimum absolute atomic E-state index is 0.0260. The van der Waals surface area contributed by atoms with Gasteiger partial charge in [0, 0.05) is 29.0 Å². The molecule has 0 amide bonds. The van der Waals surface area contributed by atoms with Gasteiger partial charge in [0.15, 0.2) is 0 Å². The summed E-state index contributed by atoms with van der Waals surface area (Å²) in [7, 11) is 0. The number of halogens is 1. The topological polar surface area (TPSA) is 42.1 Å². The Balaban J connectivity index is 2.00. The maximum atomic E-state index is 6.58. The first kappa shape index (κ1) is 13.7. The van der Waals surface area contributed by atoms with Gasteiger partial charge in [0.25, 0.3) is 0 Å². The van der Waals surface area contributed by atoms with E-state index >= 15 is 0 Å². The number of nitrogens with zero attached hydrogens (tertiary/aromatic N) is 2. The number of fused-ring (bicyclic) bond motifs is 1. The molecule has 3 aromatic rings. The van der Waals surface area contributed by atoms with E-state index in [9.17, 15) is 0 Å². The number of hydrogen-bond donors (Lipinski definition) is 1. The van der Waals surface area contributed by atoms with E-state index in [2.05, 4.69) is 11.9 Å². The summed E-state index contributed by atoms with van der Waals surface area (Å²) in [6, 6.07) is 17.7. The maximum absolute atomic E-state index is 6.58. The van der Waals surface area contributed by atoms with Gasteiger partial charge in [-0.1, -0.05) is 30.3 Å². The molecule has 0 aliphatic carbocycles. The summed E-state index contributed by atoms with van der Waals surface area (Å²) in [6.45, 7) is 2.06. The second kappa shape index (κ2) is 5.62. The van der Waals surface area contributed by atoms with E-state index in [1.165, 1.54) is 0 Å². The molecular formula is C17H16ClN3. The summed E-state index contributed by atoms with van der Waals surface area (Å²) in [6.07, 6.45) is 1.78. The Morgan fingerprint density at radius 3 is 2.52 bits per heavy atom. The Labute approximate surface area is 129 Å². The molecule has 0 fully saturated rings. The number of pyridine rings is 1. The van der Waals surface area contributed by atoms with Crippen LogP contribution in [0.1, 0.15) is 18.5 Å². The van der Waals surface area contributed by atoms with Crippen LogP contribution in [0.2, 0.25) is 0 Å². The van der Waals surface area contributed by atoms with Crippen LogP contribution in [-0.2, 0) is 0 Å². The molecule has 0 saturated carbocycles. The number of hydrogen-bond acceptors (Lipinski definition) is 3. The van der Waals surface area contributed by atoms with Crippen LogP contribution < -0.4 is 10.2 Å². The van der Waals surface area contributed by atoms with Crippen molar-refractivity contribution >= 4 is 34.1 Å². The Morgan fingerprint density at radius 2 is 1.76 bits per heavy atom. The van der Waals surface area contributed by atoms with Crippen molar-refractivity contribution in [2.45, 2.75) is 13.0 Å². The number of para-hydroxylation sites is 1. The lowest BCUT2D eigenvalue weighted by Crippen LogP contribution is -2.16. The second-order valence-corrected chi connectivity index (χ2v) is 5.37. The smallest absolute Gasteiger partial charge is 0.0723 e. The highest BCUT2D eigenvalue weighted by Crippen LogP contribution is 2.33. The van der Waals surface area contributed by atoms with Crippen LogP contribution >= 0.6 is 11.8 Å². The van der Waals surface area contributed by atoms with Crippen LogP contribution in [0.3, 0.4) is 0 Å².